The molecule has 66 valence electrons. The maximum Gasteiger partial charge on any atom is 0.0885 e. The van der Waals surface area contributed by atoms with Crippen molar-refractivity contribution in [3.63, 3.8) is 0 Å². The lowest BCUT2D eigenvalue weighted by Gasteiger charge is -2.00. The van der Waals surface area contributed by atoms with E-state index >= 15 is 0 Å². The van der Waals surface area contributed by atoms with Crippen molar-refractivity contribution in [1.82, 2.24) is 15.4 Å². The van der Waals surface area contributed by atoms with E-state index in [2.05, 4.69) is 15.4 Å². The van der Waals surface area contributed by atoms with Crippen LogP contribution in [-0.4, -0.2) is 15.2 Å². The summed E-state index contributed by atoms with van der Waals surface area (Å²) in [5.74, 6) is 0. The summed E-state index contributed by atoms with van der Waals surface area (Å²) in [5, 5.41) is 9.53. The monoisotopic (exact) mass is 175 g/mol. The van der Waals surface area contributed by atoms with Crippen molar-refractivity contribution in [1.29, 1.82) is 0 Å². The largest absolute Gasteiger partial charge is 0.316 e. The number of pyridine rings is 2. The highest BCUT2D eigenvalue weighted by molar-refractivity contribution is 5.77. The smallest absolute Gasteiger partial charge is 0.0885 e. The number of hydroxylamine groups is 1. The van der Waals surface area contributed by atoms with E-state index in [0.29, 0.717) is 6.54 Å². The van der Waals surface area contributed by atoms with Crippen LogP contribution in [0.4, 0.5) is 0 Å². The lowest BCUT2D eigenvalue weighted by atomic mass is 10.2. The van der Waals surface area contributed by atoms with E-state index in [1.165, 1.54) is 0 Å². The van der Waals surface area contributed by atoms with Crippen LogP contribution in [0.25, 0.3) is 10.9 Å². The molecule has 0 unspecified atom stereocenters. The Balaban J connectivity index is 2.49. The maximum atomic E-state index is 8.50. The molecule has 2 rings (SSSR count). The van der Waals surface area contributed by atoms with E-state index in [1.807, 2.05) is 12.1 Å². The molecule has 0 saturated heterocycles. The third kappa shape index (κ3) is 1.63. The predicted octanol–water partition coefficient (Wildman–Crippen LogP) is 1.11. The first-order valence-corrected chi connectivity index (χ1v) is 3.96. The molecule has 0 bridgehead atoms. The van der Waals surface area contributed by atoms with Gasteiger partial charge in [0.15, 0.2) is 0 Å². The van der Waals surface area contributed by atoms with Crippen LogP contribution < -0.4 is 5.48 Å². The van der Waals surface area contributed by atoms with Gasteiger partial charge in [-0.3, -0.25) is 9.97 Å². The average Bonchev–Trinajstić information content (AvgIpc) is 2.18. The minimum atomic E-state index is 0.408. The van der Waals surface area contributed by atoms with Crippen molar-refractivity contribution in [2.24, 2.45) is 0 Å². The molecule has 4 heteroatoms. The van der Waals surface area contributed by atoms with E-state index in [9.17, 15) is 0 Å². The van der Waals surface area contributed by atoms with Crippen molar-refractivity contribution in [3.8, 4) is 0 Å². The van der Waals surface area contributed by atoms with Gasteiger partial charge in [-0.05, 0) is 17.7 Å². The van der Waals surface area contributed by atoms with Crippen LogP contribution in [0.3, 0.4) is 0 Å². The van der Waals surface area contributed by atoms with Gasteiger partial charge in [0.1, 0.15) is 0 Å². The number of rotatable bonds is 2. The van der Waals surface area contributed by atoms with Crippen LogP contribution >= 0.6 is 0 Å². The Morgan fingerprint density at radius 3 is 3.15 bits per heavy atom. The number of nitrogens with zero attached hydrogens (tertiary/aromatic N) is 2. The third-order valence-corrected chi connectivity index (χ3v) is 1.83. The van der Waals surface area contributed by atoms with E-state index in [0.717, 1.165) is 16.5 Å². The van der Waals surface area contributed by atoms with Gasteiger partial charge in [-0.25, -0.2) is 5.48 Å². The molecule has 2 heterocycles. The van der Waals surface area contributed by atoms with Crippen molar-refractivity contribution >= 4 is 10.9 Å². The summed E-state index contributed by atoms with van der Waals surface area (Å²) in [5.41, 5.74) is 3.90. The van der Waals surface area contributed by atoms with Crippen molar-refractivity contribution in [2.75, 3.05) is 0 Å². The SMILES string of the molecule is ONCc1cnc2cnccc2c1. The zero-order valence-corrected chi connectivity index (χ0v) is 6.94. The Morgan fingerprint density at radius 1 is 1.38 bits per heavy atom. The number of nitrogens with one attached hydrogen (secondary N) is 1. The molecular weight excluding hydrogens is 166 g/mol. The van der Waals surface area contributed by atoms with Gasteiger partial charge >= 0.3 is 0 Å². The Kier molecular flexibility index (Phi) is 2.16. The van der Waals surface area contributed by atoms with E-state index in [-0.39, 0.29) is 0 Å². The molecule has 4 nitrogen and oxygen atoms in total. The van der Waals surface area contributed by atoms with E-state index in [1.54, 1.807) is 18.6 Å². The first-order valence-electron chi connectivity index (χ1n) is 3.96. The Hall–Kier alpha value is -1.52. The fourth-order valence-corrected chi connectivity index (χ4v) is 1.20. The number of fused-ring (bicyclic) bond motifs is 1. The highest BCUT2D eigenvalue weighted by atomic mass is 16.5. The molecule has 2 aromatic rings. The maximum absolute atomic E-state index is 8.50. The lowest BCUT2D eigenvalue weighted by molar-refractivity contribution is 0.161. The van der Waals surface area contributed by atoms with Crippen molar-refractivity contribution in [2.45, 2.75) is 6.54 Å². The summed E-state index contributed by atoms with van der Waals surface area (Å²) in [6.07, 6.45) is 5.15. The quantitative estimate of drug-likeness (QED) is 0.671. The van der Waals surface area contributed by atoms with E-state index < -0.39 is 0 Å². The number of hydrogen-bond acceptors (Lipinski definition) is 4. The molecular formula is C9H9N3O. The summed E-state index contributed by atoms with van der Waals surface area (Å²) < 4.78 is 0. The summed E-state index contributed by atoms with van der Waals surface area (Å²) in [6, 6.07) is 3.86. The minimum absolute atomic E-state index is 0.408. The molecule has 13 heavy (non-hydrogen) atoms. The second kappa shape index (κ2) is 3.47. The molecule has 0 aromatic carbocycles. The molecule has 2 aromatic heterocycles. The second-order valence-electron chi connectivity index (χ2n) is 2.75. The first kappa shape index (κ1) is 8.10. The standard InChI is InChI=1S/C9H9N3O/c13-12-5-7-3-8-1-2-10-6-9(8)11-4-7/h1-4,6,12-13H,5H2. The fraction of sp³-hybridized carbons (Fsp3) is 0.111. The molecule has 0 aliphatic rings. The van der Waals surface area contributed by atoms with Crippen LogP contribution in [0.5, 0.6) is 0 Å². The highest BCUT2D eigenvalue weighted by Crippen LogP contribution is 2.10. The Labute approximate surface area is 75.2 Å². The van der Waals surface area contributed by atoms with Gasteiger partial charge in [-0.2, -0.15) is 0 Å². The molecule has 2 N–H and O–H groups in total. The average molecular weight is 175 g/mol. The molecule has 0 saturated carbocycles. The van der Waals surface area contributed by atoms with Gasteiger partial charge < -0.3 is 5.21 Å². The van der Waals surface area contributed by atoms with E-state index in [4.69, 9.17) is 5.21 Å². The van der Waals surface area contributed by atoms with Crippen molar-refractivity contribution in [3.05, 3.63) is 36.3 Å². The van der Waals surface area contributed by atoms with Crippen LogP contribution in [-0.2, 0) is 6.54 Å². The zero-order valence-electron chi connectivity index (χ0n) is 6.94. The van der Waals surface area contributed by atoms with Crippen LogP contribution in [0.1, 0.15) is 5.56 Å². The summed E-state index contributed by atoms with van der Waals surface area (Å²) in [6.45, 7) is 0.408. The zero-order chi connectivity index (χ0) is 9.10. The van der Waals surface area contributed by atoms with Crippen molar-refractivity contribution < 1.29 is 5.21 Å². The normalized spacial score (nSPS) is 10.5. The van der Waals surface area contributed by atoms with Gasteiger partial charge in [-0.1, -0.05) is 0 Å². The predicted molar refractivity (Wildman–Crippen MR) is 48.2 cm³/mol. The molecule has 0 amide bonds. The van der Waals surface area contributed by atoms with Gasteiger partial charge in [0, 0.05) is 24.3 Å². The topological polar surface area (TPSA) is 58.0 Å². The first-order chi connectivity index (χ1) is 6.40. The highest BCUT2D eigenvalue weighted by Gasteiger charge is 1.96. The Morgan fingerprint density at radius 2 is 2.31 bits per heavy atom. The van der Waals surface area contributed by atoms with Gasteiger partial charge in [-0.15, -0.1) is 0 Å². The van der Waals surface area contributed by atoms with Gasteiger partial charge in [0.05, 0.1) is 11.7 Å². The number of aromatic nitrogens is 2. The lowest BCUT2D eigenvalue weighted by Crippen LogP contribution is -2.06. The molecule has 0 aliphatic carbocycles. The summed E-state index contributed by atoms with van der Waals surface area (Å²) >= 11 is 0. The van der Waals surface area contributed by atoms with Crippen LogP contribution in [0, 0.1) is 0 Å². The fourth-order valence-electron chi connectivity index (χ4n) is 1.20. The second-order valence-corrected chi connectivity index (χ2v) is 2.75. The molecule has 0 aliphatic heterocycles. The summed E-state index contributed by atoms with van der Waals surface area (Å²) in [7, 11) is 0. The minimum Gasteiger partial charge on any atom is -0.316 e. The third-order valence-electron chi connectivity index (χ3n) is 1.83. The molecule has 0 fully saturated rings. The van der Waals surface area contributed by atoms with Crippen LogP contribution in [0.2, 0.25) is 0 Å². The van der Waals surface area contributed by atoms with Gasteiger partial charge in [0.2, 0.25) is 0 Å². The molecule has 0 spiro atoms. The molecule has 0 radical (unpaired) electrons. The summed E-state index contributed by atoms with van der Waals surface area (Å²) in [4.78, 5) is 8.15. The van der Waals surface area contributed by atoms with Gasteiger partial charge in [0.25, 0.3) is 0 Å². The van der Waals surface area contributed by atoms with Crippen LogP contribution in [0.15, 0.2) is 30.7 Å². The molecule has 0 atom stereocenters. The number of hydrogen-bond donors (Lipinski definition) is 2. The Bertz CT molecular complexity index is 416.